The van der Waals surface area contributed by atoms with E-state index in [4.69, 9.17) is 5.73 Å². The maximum absolute atomic E-state index is 11.2. The zero-order valence-electron chi connectivity index (χ0n) is 8.57. The lowest BCUT2D eigenvalue weighted by Gasteiger charge is -2.08. The van der Waals surface area contributed by atoms with Gasteiger partial charge in [-0.3, -0.25) is 4.79 Å². The van der Waals surface area contributed by atoms with Crippen LogP contribution in [0.2, 0.25) is 0 Å². The summed E-state index contributed by atoms with van der Waals surface area (Å²) in [6, 6.07) is 9.82. The number of hydrogen-bond acceptors (Lipinski definition) is 2. The van der Waals surface area contributed by atoms with E-state index in [2.05, 4.69) is 12.1 Å². The smallest absolute Gasteiger partial charge is 0.149 e. The van der Waals surface area contributed by atoms with Crippen molar-refractivity contribution < 1.29 is 4.79 Å². The monoisotopic (exact) mass is 191 g/mol. The predicted octanol–water partition coefficient (Wildman–Crippen LogP) is 1.93. The van der Waals surface area contributed by atoms with E-state index >= 15 is 0 Å². The lowest BCUT2D eigenvalue weighted by molar-refractivity contribution is -0.120. The average Bonchev–Trinajstić information content (AvgIpc) is 2.26. The number of ketones is 1. The van der Waals surface area contributed by atoms with Crippen LogP contribution in [0.1, 0.15) is 25.3 Å². The molecule has 0 radical (unpaired) electrons. The molecule has 14 heavy (non-hydrogen) atoms. The zero-order chi connectivity index (χ0) is 10.4. The second-order valence-electron chi connectivity index (χ2n) is 3.45. The standard InChI is InChI=1S/C12H17NO/c1-2-12(14)11(13)9-8-10-6-4-3-5-7-10/h3-7,11H,2,8-9,13H2,1H3/t11-/m1/s1. The minimum Gasteiger partial charge on any atom is -0.321 e. The number of rotatable bonds is 5. The third-order valence-electron chi connectivity index (χ3n) is 2.35. The number of carbonyl (C=O) groups is 1. The van der Waals surface area contributed by atoms with E-state index in [1.807, 2.05) is 25.1 Å². The Morgan fingerprint density at radius 3 is 2.57 bits per heavy atom. The van der Waals surface area contributed by atoms with Gasteiger partial charge in [-0.05, 0) is 18.4 Å². The van der Waals surface area contributed by atoms with E-state index in [0.717, 1.165) is 12.8 Å². The summed E-state index contributed by atoms with van der Waals surface area (Å²) < 4.78 is 0. The van der Waals surface area contributed by atoms with Crippen LogP contribution in [0.15, 0.2) is 30.3 Å². The Kier molecular flexibility index (Phi) is 4.33. The summed E-state index contributed by atoms with van der Waals surface area (Å²) in [7, 11) is 0. The second-order valence-corrected chi connectivity index (χ2v) is 3.45. The van der Waals surface area contributed by atoms with Gasteiger partial charge < -0.3 is 5.73 Å². The lowest BCUT2D eigenvalue weighted by atomic mass is 10.0. The fraction of sp³-hybridized carbons (Fsp3) is 0.417. The first kappa shape index (κ1) is 10.9. The van der Waals surface area contributed by atoms with Crippen molar-refractivity contribution in [2.24, 2.45) is 5.73 Å². The Bertz CT molecular complexity index is 282. The molecule has 0 unspecified atom stereocenters. The van der Waals surface area contributed by atoms with E-state index < -0.39 is 0 Å². The van der Waals surface area contributed by atoms with Gasteiger partial charge in [-0.15, -0.1) is 0 Å². The van der Waals surface area contributed by atoms with Gasteiger partial charge in [-0.2, -0.15) is 0 Å². The Balaban J connectivity index is 2.38. The summed E-state index contributed by atoms with van der Waals surface area (Å²) in [5.74, 6) is 0.154. The molecule has 1 atom stereocenters. The number of aryl methyl sites for hydroxylation is 1. The van der Waals surface area contributed by atoms with Crippen LogP contribution in [-0.2, 0) is 11.2 Å². The molecule has 0 saturated carbocycles. The van der Waals surface area contributed by atoms with Crippen molar-refractivity contribution >= 4 is 5.78 Å². The van der Waals surface area contributed by atoms with Crippen LogP contribution in [0, 0.1) is 0 Å². The molecular weight excluding hydrogens is 174 g/mol. The topological polar surface area (TPSA) is 43.1 Å². The fourth-order valence-electron chi connectivity index (χ4n) is 1.39. The van der Waals surface area contributed by atoms with Crippen LogP contribution in [0.25, 0.3) is 0 Å². The van der Waals surface area contributed by atoms with Crippen LogP contribution < -0.4 is 5.73 Å². The molecule has 1 aromatic rings. The number of carbonyl (C=O) groups excluding carboxylic acids is 1. The minimum atomic E-state index is -0.291. The molecule has 2 nitrogen and oxygen atoms in total. The molecule has 0 fully saturated rings. The first-order chi connectivity index (χ1) is 6.74. The van der Waals surface area contributed by atoms with Crippen LogP contribution in [0.5, 0.6) is 0 Å². The highest BCUT2D eigenvalue weighted by molar-refractivity contribution is 5.83. The molecule has 0 heterocycles. The van der Waals surface area contributed by atoms with Crippen LogP contribution in [0.3, 0.4) is 0 Å². The number of Topliss-reactive ketones (excluding diaryl/α,β-unsaturated/α-hetero) is 1. The van der Waals surface area contributed by atoms with Gasteiger partial charge in [-0.25, -0.2) is 0 Å². The largest absolute Gasteiger partial charge is 0.321 e. The van der Waals surface area contributed by atoms with Crippen LogP contribution in [-0.4, -0.2) is 11.8 Å². The Hall–Kier alpha value is -1.15. The number of benzene rings is 1. The van der Waals surface area contributed by atoms with Gasteiger partial charge in [-0.1, -0.05) is 37.3 Å². The summed E-state index contributed by atoms with van der Waals surface area (Å²) in [5.41, 5.74) is 6.97. The molecule has 0 aromatic heterocycles. The van der Waals surface area contributed by atoms with Gasteiger partial charge in [0, 0.05) is 6.42 Å². The van der Waals surface area contributed by atoms with Gasteiger partial charge in [0.15, 0.2) is 0 Å². The maximum Gasteiger partial charge on any atom is 0.149 e. The quantitative estimate of drug-likeness (QED) is 0.772. The highest BCUT2D eigenvalue weighted by atomic mass is 16.1. The van der Waals surface area contributed by atoms with Gasteiger partial charge in [0.2, 0.25) is 0 Å². The molecule has 0 amide bonds. The number of nitrogens with two attached hydrogens (primary N) is 1. The van der Waals surface area contributed by atoms with Crippen molar-refractivity contribution in [2.75, 3.05) is 0 Å². The molecule has 2 N–H and O–H groups in total. The highest BCUT2D eigenvalue weighted by Gasteiger charge is 2.10. The normalized spacial score (nSPS) is 12.4. The molecule has 0 aliphatic carbocycles. The van der Waals surface area contributed by atoms with Crippen molar-refractivity contribution in [3.63, 3.8) is 0 Å². The van der Waals surface area contributed by atoms with E-state index in [1.165, 1.54) is 5.56 Å². The van der Waals surface area contributed by atoms with Crippen LogP contribution >= 0.6 is 0 Å². The molecule has 1 aromatic carbocycles. The Labute approximate surface area is 85.1 Å². The molecule has 0 spiro atoms. The Morgan fingerprint density at radius 2 is 2.00 bits per heavy atom. The summed E-state index contributed by atoms with van der Waals surface area (Å²) >= 11 is 0. The Morgan fingerprint density at radius 1 is 1.36 bits per heavy atom. The van der Waals surface area contributed by atoms with E-state index in [0.29, 0.717) is 6.42 Å². The molecule has 0 aliphatic heterocycles. The summed E-state index contributed by atoms with van der Waals surface area (Å²) in [6.45, 7) is 1.85. The third kappa shape index (κ3) is 3.30. The van der Waals surface area contributed by atoms with Crippen molar-refractivity contribution in [1.82, 2.24) is 0 Å². The van der Waals surface area contributed by atoms with E-state index in [1.54, 1.807) is 0 Å². The van der Waals surface area contributed by atoms with Gasteiger partial charge in [0.05, 0.1) is 6.04 Å². The average molecular weight is 191 g/mol. The van der Waals surface area contributed by atoms with Crippen LogP contribution in [0.4, 0.5) is 0 Å². The first-order valence-corrected chi connectivity index (χ1v) is 5.06. The number of hydrogen-bond donors (Lipinski definition) is 1. The van der Waals surface area contributed by atoms with Gasteiger partial charge in [0.1, 0.15) is 5.78 Å². The van der Waals surface area contributed by atoms with Crippen molar-refractivity contribution in [3.05, 3.63) is 35.9 Å². The maximum atomic E-state index is 11.2. The van der Waals surface area contributed by atoms with Crippen molar-refractivity contribution in [3.8, 4) is 0 Å². The fourth-order valence-corrected chi connectivity index (χ4v) is 1.39. The zero-order valence-corrected chi connectivity index (χ0v) is 8.57. The second kappa shape index (κ2) is 5.55. The summed E-state index contributed by atoms with van der Waals surface area (Å²) in [4.78, 5) is 11.2. The highest BCUT2D eigenvalue weighted by Crippen LogP contribution is 2.05. The molecule has 2 heteroatoms. The molecule has 1 rings (SSSR count). The summed E-state index contributed by atoms with van der Waals surface area (Å²) in [5, 5.41) is 0. The minimum absolute atomic E-state index is 0.154. The first-order valence-electron chi connectivity index (χ1n) is 5.06. The SMILES string of the molecule is CCC(=O)[C@H](N)CCc1ccccc1. The lowest BCUT2D eigenvalue weighted by Crippen LogP contribution is -2.30. The molecule has 76 valence electrons. The van der Waals surface area contributed by atoms with Gasteiger partial charge in [0.25, 0.3) is 0 Å². The van der Waals surface area contributed by atoms with Gasteiger partial charge >= 0.3 is 0 Å². The summed E-state index contributed by atoms with van der Waals surface area (Å²) in [6.07, 6.45) is 2.17. The van der Waals surface area contributed by atoms with Crippen molar-refractivity contribution in [1.29, 1.82) is 0 Å². The third-order valence-corrected chi connectivity index (χ3v) is 2.35. The van der Waals surface area contributed by atoms with E-state index in [-0.39, 0.29) is 11.8 Å². The molecule has 0 bridgehead atoms. The molecular formula is C12H17NO. The van der Waals surface area contributed by atoms with E-state index in [9.17, 15) is 4.79 Å². The van der Waals surface area contributed by atoms with Crippen molar-refractivity contribution in [2.45, 2.75) is 32.2 Å². The molecule has 0 saturated heterocycles. The predicted molar refractivity (Wildman–Crippen MR) is 58.0 cm³/mol. The molecule has 0 aliphatic rings.